The fraction of sp³-hybridized carbons (Fsp3) is 0.423. The van der Waals surface area contributed by atoms with Gasteiger partial charge in [-0.1, -0.05) is 87.9 Å². The molecular formula is C52H58F2N2O3. The van der Waals surface area contributed by atoms with Crippen LogP contribution in [-0.4, -0.2) is 30.1 Å². The zero-order valence-corrected chi connectivity index (χ0v) is 34.2. The maximum Gasteiger partial charge on any atom is 0.335 e. The lowest BCUT2D eigenvalue weighted by Crippen LogP contribution is -2.39. The molecule has 4 saturated carbocycles. The van der Waals surface area contributed by atoms with Crippen LogP contribution in [0.4, 0.5) is 8.78 Å². The van der Waals surface area contributed by atoms with Crippen molar-refractivity contribution in [2.24, 2.45) is 28.4 Å². The summed E-state index contributed by atoms with van der Waals surface area (Å²) in [5.74, 6) is 12.3. The van der Waals surface area contributed by atoms with Gasteiger partial charge in [0.2, 0.25) is 0 Å². The van der Waals surface area contributed by atoms with Gasteiger partial charge in [-0.05, 0) is 165 Å². The van der Waals surface area contributed by atoms with Crippen LogP contribution in [0.1, 0.15) is 146 Å². The van der Waals surface area contributed by atoms with Crippen molar-refractivity contribution in [1.29, 1.82) is 0 Å². The molecule has 0 heterocycles. The molecule has 1 amide bonds. The average molecular weight is 797 g/mol. The molecular weight excluding hydrogens is 739 g/mol. The number of hydrogen-bond donors (Lipinski definition) is 3. The Morgan fingerprint density at radius 1 is 0.559 bits per heavy atom. The Morgan fingerprint density at radius 3 is 1.29 bits per heavy atom. The lowest BCUT2D eigenvalue weighted by Gasteiger charge is -2.38. The van der Waals surface area contributed by atoms with Gasteiger partial charge in [-0.15, -0.1) is 0 Å². The van der Waals surface area contributed by atoms with E-state index in [0.717, 1.165) is 36.1 Å². The normalized spacial score (nSPS) is 17.5. The van der Waals surface area contributed by atoms with Crippen LogP contribution in [0.15, 0.2) is 97.1 Å². The van der Waals surface area contributed by atoms with E-state index in [0.29, 0.717) is 27.5 Å². The summed E-state index contributed by atoms with van der Waals surface area (Å²) in [6, 6.07) is 25.7. The zero-order valence-electron chi connectivity index (χ0n) is 34.2. The first-order valence-electron chi connectivity index (χ1n) is 21.6. The van der Waals surface area contributed by atoms with Crippen LogP contribution in [0.3, 0.4) is 0 Å². The topological polar surface area (TPSA) is 92.4 Å². The number of carbonyl (C=O) groups is 2. The number of amides is 1. The van der Waals surface area contributed by atoms with Crippen LogP contribution >= 0.6 is 0 Å². The Bertz CT molecular complexity index is 2090. The van der Waals surface area contributed by atoms with Gasteiger partial charge in [-0.25, -0.2) is 13.6 Å². The molecule has 0 radical (unpaired) electrons. The third-order valence-corrected chi connectivity index (χ3v) is 12.4. The fourth-order valence-electron chi connectivity index (χ4n) is 8.54. The molecule has 0 bridgehead atoms. The van der Waals surface area contributed by atoms with Gasteiger partial charge < -0.3 is 16.2 Å². The Labute approximate surface area is 349 Å². The van der Waals surface area contributed by atoms with E-state index in [2.05, 4.69) is 29.0 Å². The minimum Gasteiger partial charge on any atom is -0.478 e. The predicted octanol–water partition coefficient (Wildman–Crippen LogP) is 11.3. The summed E-state index contributed by atoms with van der Waals surface area (Å²) >= 11 is 0. The highest BCUT2D eigenvalue weighted by Crippen LogP contribution is 2.48. The minimum atomic E-state index is -0.965. The highest BCUT2D eigenvalue weighted by atomic mass is 19.1. The van der Waals surface area contributed by atoms with Gasteiger partial charge in [0.25, 0.3) is 5.91 Å². The lowest BCUT2D eigenvalue weighted by atomic mass is 9.70. The summed E-state index contributed by atoms with van der Waals surface area (Å²) in [5.41, 5.74) is 10.7. The second-order valence-electron chi connectivity index (χ2n) is 17.3. The van der Waals surface area contributed by atoms with Crippen LogP contribution in [-0.2, 0) is 0 Å². The summed E-state index contributed by atoms with van der Waals surface area (Å²) in [5, 5.41) is 12.0. The van der Waals surface area contributed by atoms with Crippen molar-refractivity contribution in [2.75, 3.05) is 13.1 Å². The van der Waals surface area contributed by atoms with Crippen molar-refractivity contribution in [2.45, 2.75) is 103 Å². The molecule has 0 saturated heterocycles. The molecule has 8 rings (SSSR count). The molecule has 5 nitrogen and oxygen atoms in total. The van der Waals surface area contributed by atoms with E-state index in [-0.39, 0.29) is 23.1 Å². The van der Waals surface area contributed by atoms with E-state index >= 15 is 0 Å². The van der Waals surface area contributed by atoms with Crippen LogP contribution in [0.25, 0.3) is 0 Å². The highest BCUT2D eigenvalue weighted by molar-refractivity contribution is 5.94. The van der Waals surface area contributed by atoms with Crippen LogP contribution < -0.4 is 11.1 Å². The van der Waals surface area contributed by atoms with Gasteiger partial charge in [0, 0.05) is 34.4 Å². The third kappa shape index (κ3) is 14.2. The Kier molecular flexibility index (Phi) is 15.5. The number of nitrogens with one attached hydrogen (secondary N) is 1. The first-order valence-corrected chi connectivity index (χ1v) is 21.6. The molecule has 4 fully saturated rings. The molecule has 4 aromatic carbocycles. The summed E-state index contributed by atoms with van der Waals surface area (Å²) in [4.78, 5) is 23.3. The number of halogens is 2. The van der Waals surface area contributed by atoms with Crippen LogP contribution in [0.2, 0.25) is 0 Å². The first-order chi connectivity index (χ1) is 28.6. The summed E-state index contributed by atoms with van der Waals surface area (Å²) in [6.45, 7) is 1.75. The van der Waals surface area contributed by atoms with E-state index in [9.17, 15) is 18.4 Å². The van der Waals surface area contributed by atoms with Crippen LogP contribution in [0, 0.1) is 58.0 Å². The van der Waals surface area contributed by atoms with E-state index in [1.807, 2.05) is 24.3 Å². The fourth-order valence-corrected chi connectivity index (χ4v) is 8.54. The summed E-state index contributed by atoms with van der Waals surface area (Å²) in [6.07, 6.45) is 22.0. The number of nitrogens with two attached hydrogens (primary N) is 1. The molecule has 0 aliphatic heterocycles. The predicted molar refractivity (Wildman–Crippen MR) is 232 cm³/mol. The molecule has 7 heteroatoms. The van der Waals surface area contributed by atoms with Crippen molar-refractivity contribution >= 4 is 11.9 Å². The van der Waals surface area contributed by atoms with Crippen molar-refractivity contribution in [3.8, 4) is 23.7 Å². The maximum absolute atomic E-state index is 13.0. The van der Waals surface area contributed by atoms with Crippen molar-refractivity contribution < 1.29 is 23.5 Å². The second-order valence-corrected chi connectivity index (χ2v) is 17.3. The van der Waals surface area contributed by atoms with Gasteiger partial charge in [-0.3, -0.25) is 4.79 Å². The number of carbonyl (C=O) groups excluding carboxylic acids is 1. The molecule has 4 aromatic rings. The van der Waals surface area contributed by atoms with Gasteiger partial charge in [0.15, 0.2) is 0 Å². The molecule has 59 heavy (non-hydrogen) atoms. The third-order valence-electron chi connectivity index (χ3n) is 12.4. The molecule has 308 valence electrons. The quantitative estimate of drug-likeness (QED) is 0.147. The van der Waals surface area contributed by atoms with Crippen LogP contribution in [0.5, 0.6) is 0 Å². The van der Waals surface area contributed by atoms with Crippen molar-refractivity contribution in [3.05, 3.63) is 142 Å². The van der Waals surface area contributed by atoms with Gasteiger partial charge in [-0.2, -0.15) is 0 Å². The smallest absolute Gasteiger partial charge is 0.335 e. The van der Waals surface area contributed by atoms with Gasteiger partial charge >= 0.3 is 5.97 Å². The Balaban J connectivity index is 0.000000165. The number of hydrogen-bond acceptors (Lipinski definition) is 3. The van der Waals surface area contributed by atoms with E-state index in [1.165, 1.54) is 139 Å². The maximum atomic E-state index is 13.0. The van der Waals surface area contributed by atoms with E-state index < -0.39 is 5.97 Å². The van der Waals surface area contributed by atoms with E-state index in [4.69, 9.17) is 10.8 Å². The largest absolute Gasteiger partial charge is 0.478 e. The SMILES string of the molecule is NCC1(CC2CC2)CCCCC1.O=C(NCC1(CC2CC2)CCCCC1)c1ccc(C#Cc2ccc(F)cc2)cc1.O=C(O)c1ccc(C#Cc2ccc(F)cc2)cc1. The number of rotatable bonds is 9. The van der Waals surface area contributed by atoms with Crippen molar-refractivity contribution in [1.82, 2.24) is 5.32 Å². The number of benzene rings is 4. The van der Waals surface area contributed by atoms with E-state index in [1.54, 1.807) is 36.4 Å². The minimum absolute atomic E-state index is 0.00351. The molecule has 4 aliphatic carbocycles. The lowest BCUT2D eigenvalue weighted by molar-refractivity contribution is 0.0696. The molecule has 0 unspecified atom stereocenters. The standard InChI is InChI=1S/C26H28FNO.C15H9FO2.C11H21N/c27-24-14-10-21(11-15-24)5-4-20-8-12-23(13-9-20)25(29)28-19-26(18-22-6-7-22)16-2-1-3-17-26;16-14-9-5-12(6-10-14)2-1-11-3-7-13(8-4-11)15(17)18;12-9-11(8-10-4-5-10)6-2-1-3-7-11/h8-15,22H,1-3,6-7,16-19H2,(H,28,29);3-10H,(H,17,18);10H,1-9,12H2. The Hall–Kier alpha value is -5.24. The number of carboxylic acids is 1. The summed E-state index contributed by atoms with van der Waals surface area (Å²) in [7, 11) is 0. The molecule has 4 N–H and O–H groups in total. The van der Waals surface area contributed by atoms with Gasteiger partial charge in [0.1, 0.15) is 11.6 Å². The zero-order chi connectivity index (χ0) is 41.5. The average Bonchev–Trinajstić information content (AvgIpc) is 4.23. The first kappa shape index (κ1) is 43.3. The Morgan fingerprint density at radius 2 is 0.915 bits per heavy atom. The second kappa shape index (κ2) is 21.1. The summed E-state index contributed by atoms with van der Waals surface area (Å²) < 4.78 is 25.6. The van der Waals surface area contributed by atoms with Crippen molar-refractivity contribution in [3.63, 3.8) is 0 Å². The monoisotopic (exact) mass is 796 g/mol. The number of aromatic carboxylic acids is 1. The molecule has 0 spiro atoms. The highest BCUT2D eigenvalue weighted by Gasteiger charge is 2.38. The van der Waals surface area contributed by atoms with Gasteiger partial charge in [0.05, 0.1) is 5.56 Å². The molecule has 0 atom stereocenters. The molecule has 0 aromatic heterocycles. The number of carboxylic acid groups (broad SMARTS) is 1. The molecule has 4 aliphatic rings.